The van der Waals surface area contributed by atoms with E-state index in [0.29, 0.717) is 31.6 Å². The van der Waals surface area contributed by atoms with Crippen molar-refractivity contribution in [3.8, 4) is 11.5 Å². The number of rotatable bonds is 6. The molecule has 0 atom stereocenters. The number of phenolic OH excluding ortho intramolecular Hbond substituents is 1. The lowest BCUT2D eigenvalue weighted by Crippen LogP contribution is -2.33. The van der Waals surface area contributed by atoms with Crippen LogP contribution in [-0.2, 0) is 4.74 Å². The summed E-state index contributed by atoms with van der Waals surface area (Å²) in [7, 11) is 0. The van der Waals surface area contributed by atoms with Gasteiger partial charge in [0.1, 0.15) is 17.1 Å². The van der Waals surface area contributed by atoms with E-state index in [9.17, 15) is 14.7 Å². The first-order valence-electron chi connectivity index (χ1n) is 6.69. The Balaban J connectivity index is 2.29. The number of phenols is 1. The molecular formula is C15H21NO5. The van der Waals surface area contributed by atoms with Crippen LogP contribution in [0.25, 0.3) is 0 Å². The number of hydrogen-bond donors (Lipinski definition) is 2. The van der Waals surface area contributed by atoms with Gasteiger partial charge in [0.15, 0.2) is 6.29 Å². The van der Waals surface area contributed by atoms with Crippen molar-refractivity contribution in [3.63, 3.8) is 0 Å². The average Bonchev–Trinajstić information content (AvgIpc) is 2.37. The van der Waals surface area contributed by atoms with E-state index in [1.807, 2.05) is 0 Å². The number of alkyl carbamates (subject to hydrolysis) is 1. The molecule has 0 aliphatic heterocycles. The van der Waals surface area contributed by atoms with Crippen LogP contribution < -0.4 is 10.1 Å². The Hall–Kier alpha value is -2.24. The molecule has 116 valence electrons. The Labute approximate surface area is 124 Å². The molecule has 0 aliphatic carbocycles. The fourth-order valence-corrected chi connectivity index (χ4v) is 1.52. The summed E-state index contributed by atoms with van der Waals surface area (Å²) in [5, 5.41) is 11.9. The van der Waals surface area contributed by atoms with Crippen LogP contribution in [0.2, 0.25) is 0 Å². The maximum Gasteiger partial charge on any atom is 0.407 e. The van der Waals surface area contributed by atoms with Gasteiger partial charge in [-0.3, -0.25) is 4.79 Å². The predicted octanol–water partition coefficient (Wildman–Crippen LogP) is 2.50. The second-order valence-electron chi connectivity index (χ2n) is 5.47. The van der Waals surface area contributed by atoms with Gasteiger partial charge in [0.2, 0.25) is 0 Å². The smallest absolute Gasteiger partial charge is 0.407 e. The Morgan fingerprint density at radius 3 is 2.71 bits per heavy atom. The second-order valence-corrected chi connectivity index (χ2v) is 5.47. The van der Waals surface area contributed by atoms with Gasteiger partial charge < -0.3 is 19.9 Å². The molecule has 0 radical (unpaired) electrons. The first-order valence-corrected chi connectivity index (χ1v) is 6.69. The maximum absolute atomic E-state index is 11.4. The monoisotopic (exact) mass is 295 g/mol. The lowest BCUT2D eigenvalue weighted by Gasteiger charge is -2.19. The van der Waals surface area contributed by atoms with Gasteiger partial charge >= 0.3 is 6.09 Å². The first kappa shape index (κ1) is 16.8. The Bertz CT molecular complexity index is 493. The van der Waals surface area contributed by atoms with Crippen LogP contribution in [0.15, 0.2) is 18.2 Å². The summed E-state index contributed by atoms with van der Waals surface area (Å²) >= 11 is 0. The molecule has 0 spiro atoms. The molecule has 0 saturated carbocycles. The SMILES string of the molecule is CC(C)(C)OC(=O)NCCCOc1ccc(O)cc1C=O. The first-order chi connectivity index (χ1) is 9.81. The molecule has 6 heteroatoms. The molecule has 0 fully saturated rings. The molecule has 1 amide bonds. The van der Waals surface area contributed by atoms with Crippen molar-refractivity contribution in [1.29, 1.82) is 0 Å². The Morgan fingerprint density at radius 1 is 1.38 bits per heavy atom. The zero-order chi connectivity index (χ0) is 15.9. The van der Waals surface area contributed by atoms with E-state index in [4.69, 9.17) is 9.47 Å². The summed E-state index contributed by atoms with van der Waals surface area (Å²) < 4.78 is 10.5. The molecule has 21 heavy (non-hydrogen) atoms. The van der Waals surface area contributed by atoms with E-state index in [2.05, 4.69) is 5.32 Å². The van der Waals surface area contributed by atoms with Gasteiger partial charge in [0.05, 0.1) is 12.2 Å². The van der Waals surface area contributed by atoms with Crippen molar-refractivity contribution >= 4 is 12.4 Å². The summed E-state index contributed by atoms with van der Waals surface area (Å²) in [6.07, 6.45) is 0.715. The van der Waals surface area contributed by atoms with Crippen LogP contribution in [0, 0.1) is 0 Å². The number of hydrogen-bond acceptors (Lipinski definition) is 5. The quantitative estimate of drug-likeness (QED) is 0.622. The van der Waals surface area contributed by atoms with Gasteiger partial charge in [-0.15, -0.1) is 0 Å². The van der Waals surface area contributed by atoms with Crippen molar-refractivity contribution in [3.05, 3.63) is 23.8 Å². The summed E-state index contributed by atoms with van der Waals surface area (Å²) in [5.41, 5.74) is -0.235. The van der Waals surface area contributed by atoms with Crippen molar-refractivity contribution in [2.45, 2.75) is 32.8 Å². The topological polar surface area (TPSA) is 84.9 Å². The van der Waals surface area contributed by atoms with Crippen LogP contribution in [0.3, 0.4) is 0 Å². The van der Waals surface area contributed by atoms with Gasteiger partial charge in [-0.25, -0.2) is 4.79 Å². The maximum atomic E-state index is 11.4. The number of ether oxygens (including phenoxy) is 2. The fraction of sp³-hybridized carbons (Fsp3) is 0.467. The molecule has 6 nitrogen and oxygen atoms in total. The summed E-state index contributed by atoms with van der Waals surface area (Å²) in [6, 6.07) is 4.31. The van der Waals surface area contributed by atoms with E-state index in [1.165, 1.54) is 18.2 Å². The van der Waals surface area contributed by atoms with Gasteiger partial charge in [0.25, 0.3) is 0 Å². The van der Waals surface area contributed by atoms with Crippen LogP contribution >= 0.6 is 0 Å². The molecule has 0 saturated heterocycles. The molecule has 2 N–H and O–H groups in total. The largest absolute Gasteiger partial charge is 0.508 e. The zero-order valence-electron chi connectivity index (χ0n) is 12.5. The highest BCUT2D eigenvalue weighted by molar-refractivity contribution is 5.80. The average molecular weight is 295 g/mol. The van der Waals surface area contributed by atoms with Crippen LogP contribution in [-0.4, -0.2) is 36.2 Å². The number of aromatic hydroxyl groups is 1. The second kappa shape index (κ2) is 7.52. The normalized spacial score (nSPS) is 10.8. The lowest BCUT2D eigenvalue weighted by atomic mass is 10.2. The van der Waals surface area contributed by atoms with Gasteiger partial charge in [-0.2, -0.15) is 0 Å². The molecular weight excluding hydrogens is 274 g/mol. The summed E-state index contributed by atoms with van der Waals surface area (Å²) in [4.78, 5) is 22.2. The number of carbonyl (C=O) groups excluding carboxylic acids is 2. The van der Waals surface area contributed by atoms with E-state index in [0.717, 1.165) is 0 Å². The predicted molar refractivity (Wildman–Crippen MR) is 77.8 cm³/mol. The third kappa shape index (κ3) is 6.65. The van der Waals surface area contributed by atoms with Crippen molar-refractivity contribution in [2.75, 3.05) is 13.2 Å². The van der Waals surface area contributed by atoms with Gasteiger partial charge in [-0.05, 0) is 45.4 Å². The number of aldehydes is 1. The molecule has 0 unspecified atom stereocenters. The van der Waals surface area contributed by atoms with Crippen LogP contribution in [0.4, 0.5) is 4.79 Å². The van der Waals surface area contributed by atoms with E-state index in [-0.39, 0.29) is 11.3 Å². The standard InChI is InChI=1S/C15H21NO5/c1-15(2,3)21-14(19)16-7-4-8-20-13-6-5-12(18)9-11(13)10-17/h5-6,9-10,18H,4,7-8H2,1-3H3,(H,16,19). The highest BCUT2D eigenvalue weighted by Crippen LogP contribution is 2.21. The van der Waals surface area contributed by atoms with Crippen molar-refractivity contribution in [1.82, 2.24) is 5.32 Å². The molecule has 0 aliphatic rings. The number of nitrogens with one attached hydrogen (secondary N) is 1. The highest BCUT2D eigenvalue weighted by atomic mass is 16.6. The molecule has 0 aromatic heterocycles. The zero-order valence-corrected chi connectivity index (χ0v) is 12.5. The molecule has 0 heterocycles. The highest BCUT2D eigenvalue weighted by Gasteiger charge is 2.15. The van der Waals surface area contributed by atoms with Gasteiger partial charge in [0, 0.05) is 6.54 Å². The summed E-state index contributed by atoms with van der Waals surface area (Å²) in [6.45, 7) is 6.12. The molecule has 1 aromatic carbocycles. The third-order valence-electron chi connectivity index (χ3n) is 2.37. The number of benzene rings is 1. The van der Waals surface area contributed by atoms with Crippen molar-refractivity contribution in [2.24, 2.45) is 0 Å². The minimum absolute atomic E-state index is 0.0102. The molecule has 1 rings (SSSR count). The van der Waals surface area contributed by atoms with Crippen molar-refractivity contribution < 1.29 is 24.2 Å². The Morgan fingerprint density at radius 2 is 2.10 bits per heavy atom. The fourth-order valence-electron chi connectivity index (χ4n) is 1.52. The lowest BCUT2D eigenvalue weighted by molar-refractivity contribution is 0.0525. The van der Waals surface area contributed by atoms with Crippen LogP contribution in [0.5, 0.6) is 11.5 Å². The minimum atomic E-state index is -0.522. The minimum Gasteiger partial charge on any atom is -0.508 e. The number of carbonyl (C=O) groups is 2. The van der Waals surface area contributed by atoms with Crippen LogP contribution in [0.1, 0.15) is 37.6 Å². The third-order valence-corrected chi connectivity index (χ3v) is 2.37. The van der Waals surface area contributed by atoms with Gasteiger partial charge in [-0.1, -0.05) is 0 Å². The van der Waals surface area contributed by atoms with E-state index < -0.39 is 11.7 Å². The van der Waals surface area contributed by atoms with E-state index in [1.54, 1.807) is 20.8 Å². The molecule has 1 aromatic rings. The Kier molecular flexibility index (Phi) is 6.02. The summed E-state index contributed by atoms with van der Waals surface area (Å²) in [5.74, 6) is 0.413. The molecule has 0 bridgehead atoms. The number of amides is 1. The van der Waals surface area contributed by atoms with E-state index >= 15 is 0 Å².